The average molecular weight is 364 g/mol. The van der Waals surface area contributed by atoms with Gasteiger partial charge in [0.25, 0.3) is 0 Å². The normalized spacial score (nSPS) is 10.8. The van der Waals surface area contributed by atoms with Gasteiger partial charge in [0.05, 0.1) is 4.90 Å². The Hall–Kier alpha value is -0.950. The van der Waals surface area contributed by atoms with Crippen molar-refractivity contribution in [2.45, 2.75) is 11.4 Å². The molecule has 7 heteroatoms. The van der Waals surface area contributed by atoms with Crippen molar-refractivity contribution in [3.05, 3.63) is 58.8 Å². The number of hydrogen-bond donors (Lipinski definition) is 1. The molecule has 0 saturated heterocycles. The fourth-order valence-corrected chi connectivity index (χ4v) is 2.66. The number of rotatable bonds is 4. The predicted molar refractivity (Wildman–Crippen MR) is 79.7 cm³/mol. The molecule has 0 spiro atoms. The second kappa shape index (κ2) is 7.00. The van der Waals surface area contributed by atoms with E-state index < -0.39 is 10.0 Å². The van der Waals surface area contributed by atoms with Crippen molar-refractivity contribution in [3.8, 4) is 0 Å². The molecule has 19 heavy (non-hydrogen) atoms. The first-order chi connectivity index (χ1) is 8.58. The van der Waals surface area contributed by atoms with Crippen LogP contribution in [0.2, 0.25) is 0 Å². The molecule has 0 unspecified atom stereocenters. The van der Waals surface area contributed by atoms with Crippen LogP contribution in [0.15, 0.2) is 58.2 Å². The van der Waals surface area contributed by atoms with Gasteiger partial charge in [0, 0.05) is 23.4 Å². The molecule has 0 aliphatic heterocycles. The number of hydrogen-bond acceptors (Lipinski definition) is 3. The molecular weight excluding hydrogens is 352 g/mol. The monoisotopic (exact) mass is 362 g/mol. The van der Waals surface area contributed by atoms with Crippen LogP contribution in [0, 0.1) is 0 Å². The van der Waals surface area contributed by atoms with Crippen LogP contribution < -0.4 is 4.72 Å². The third-order valence-electron chi connectivity index (χ3n) is 2.31. The summed E-state index contributed by atoms with van der Waals surface area (Å²) in [7, 11) is -3.47. The Bertz CT molecular complexity index is 618. The SMILES string of the molecule is Cl.O=S(=O)(NCc1cccnc1)c1ccc(Br)cc1. The molecule has 0 atom stereocenters. The lowest BCUT2D eigenvalue weighted by Crippen LogP contribution is -2.23. The van der Waals surface area contributed by atoms with Gasteiger partial charge in [-0.3, -0.25) is 4.98 Å². The van der Waals surface area contributed by atoms with E-state index in [9.17, 15) is 8.42 Å². The number of benzene rings is 1. The smallest absolute Gasteiger partial charge is 0.240 e. The maximum atomic E-state index is 12.0. The van der Waals surface area contributed by atoms with Gasteiger partial charge in [0.2, 0.25) is 10.0 Å². The molecule has 4 nitrogen and oxygen atoms in total. The quantitative estimate of drug-likeness (QED) is 0.908. The van der Waals surface area contributed by atoms with Gasteiger partial charge in [-0.05, 0) is 35.9 Å². The Balaban J connectivity index is 0.00000180. The van der Waals surface area contributed by atoms with Gasteiger partial charge >= 0.3 is 0 Å². The summed E-state index contributed by atoms with van der Waals surface area (Å²) in [5.41, 5.74) is 0.818. The molecule has 0 aliphatic carbocycles. The Labute approximate surface area is 126 Å². The molecule has 1 aromatic carbocycles. The molecule has 0 fully saturated rings. The fourth-order valence-electron chi connectivity index (χ4n) is 1.38. The summed E-state index contributed by atoms with van der Waals surface area (Å²) < 4.78 is 27.3. The van der Waals surface area contributed by atoms with E-state index in [0.717, 1.165) is 10.0 Å². The van der Waals surface area contributed by atoms with Crippen molar-refractivity contribution in [2.75, 3.05) is 0 Å². The van der Waals surface area contributed by atoms with Crippen LogP contribution in [-0.2, 0) is 16.6 Å². The van der Waals surface area contributed by atoms with Crippen molar-refractivity contribution < 1.29 is 8.42 Å². The van der Waals surface area contributed by atoms with Crippen LogP contribution in [0.3, 0.4) is 0 Å². The number of nitrogens with zero attached hydrogens (tertiary/aromatic N) is 1. The maximum Gasteiger partial charge on any atom is 0.240 e. The highest BCUT2D eigenvalue weighted by Crippen LogP contribution is 2.14. The molecule has 102 valence electrons. The molecule has 0 bridgehead atoms. The third kappa shape index (κ3) is 4.58. The molecule has 0 amide bonds. The topological polar surface area (TPSA) is 59.1 Å². The van der Waals surface area contributed by atoms with Crippen LogP contribution in [0.25, 0.3) is 0 Å². The fraction of sp³-hybridized carbons (Fsp3) is 0.0833. The molecular formula is C12H12BrClN2O2S. The lowest BCUT2D eigenvalue weighted by molar-refractivity contribution is 0.581. The summed E-state index contributed by atoms with van der Waals surface area (Å²) in [4.78, 5) is 4.17. The largest absolute Gasteiger partial charge is 0.264 e. The Morgan fingerprint density at radius 3 is 2.42 bits per heavy atom. The number of sulfonamides is 1. The van der Waals surface area contributed by atoms with E-state index in [2.05, 4.69) is 25.6 Å². The number of aromatic nitrogens is 1. The van der Waals surface area contributed by atoms with Crippen molar-refractivity contribution in [2.24, 2.45) is 0 Å². The molecule has 0 radical (unpaired) electrons. The van der Waals surface area contributed by atoms with Crippen LogP contribution in [-0.4, -0.2) is 13.4 Å². The highest BCUT2D eigenvalue weighted by molar-refractivity contribution is 9.10. The Kier molecular flexibility index (Phi) is 5.93. The van der Waals surface area contributed by atoms with E-state index in [1.807, 2.05) is 6.07 Å². The molecule has 1 heterocycles. The maximum absolute atomic E-state index is 12.0. The van der Waals surface area contributed by atoms with E-state index in [4.69, 9.17) is 0 Å². The predicted octanol–water partition coefficient (Wildman–Crippen LogP) is 2.74. The first-order valence-electron chi connectivity index (χ1n) is 5.22. The lowest BCUT2D eigenvalue weighted by atomic mass is 10.3. The van der Waals surface area contributed by atoms with Crippen molar-refractivity contribution >= 4 is 38.4 Å². The summed E-state index contributed by atoms with van der Waals surface area (Å²) in [6.45, 7) is 0.228. The Morgan fingerprint density at radius 2 is 1.84 bits per heavy atom. The highest BCUT2D eigenvalue weighted by Gasteiger charge is 2.12. The zero-order chi connectivity index (χ0) is 13.0. The van der Waals surface area contributed by atoms with Gasteiger partial charge < -0.3 is 0 Å². The van der Waals surface area contributed by atoms with Crippen LogP contribution in [0.5, 0.6) is 0 Å². The van der Waals surface area contributed by atoms with E-state index in [1.54, 1.807) is 42.7 Å². The third-order valence-corrected chi connectivity index (χ3v) is 4.26. The van der Waals surface area contributed by atoms with E-state index in [-0.39, 0.29) is 23.8 Å². The summed E-state index contributed by atoms with van der Waals surface area (Å²) >= 11 is 3.26. The van der Waals surface area contributed by atoms with Gasteiger partial charge in [0.1, 0.15) is 0 Å². The number of nitrogens with one attached hydrogen (secondary N) is 1. The molecule has 2 aromatic rings. The van der Waals surface area contributed by atoms with E-state index >= 15 is 0 Å². The molecule has 0 saturated carbocycles. The van der Waals surface area contributed by atoms with Crippen LogP contribution >= 0.6 is 28.3 Å². The van der Waals surface area contributed by atoms with Gasteiger partial charge in [-0.2, -0.15) is 0 Å². The summed E-state index contributed by atoms with van der Waals surface area (Å²) in [5, 5.41) is 0. The van der Waals surface area contributed by atoms with Crippen molar-refractivity contribution in [3.63, 3.8) is 0 Å². The number of pyridine rings is 1. The minimum Gasteiger partial charge on any atom is -0.264 e. The molecule has 2 rings (SSSR count). The van der Waals surface area contributed by atoms with Crippen LogP contribution in [0.4, 0.5) is 0 Å². The van der Waals surface area contributed by atoms with E-state index in [0.29, 0.717) is 0 Å². The number of halogens is 2. The zero-order valence-electron chi connectivity index (χ0n) is 9.78. The summed E-state index contributed by atoms with van der Waals surface area (Å²) in [6, 6.07) is 10.1. The molecule has 0 aliphatic rings. The Morgan fingerprint density at radius 1 is 1.16 bits per heavy atom. The molecule has 1 aromatic heterocycles. The second-order valence-corrected chi connectivity index (χ2v) is 6.32. The first-order valence-corrected chi connectivity index (χ1v) is 7.50. The first kappa shape index (κ1) is 16.1. The van der Waals surface area contributed by atoms with Crippen molar-refractivity contribution in [1.82, 2.24) is 9.71 Å². The van der Waals surface area contributed by atoms with Crippen LogP contribution in [0.1, 0.15) is 5.56 Å². The lowest BCUT2D eigenvalue weighted by Gasteiger charge is -2.06. The van der Waals surface area contributed by atoms with Gasteiger partial charge in [-0.15, -0.1) is 12.4 Å². The minimum atomic E-state index is -3.47. The zero-order valence-corrected chi connectivity index (χ0v) is 13.0. The minimum absolute atomic E-state index is 0. The standard InChI is InChI=1S/C12H11BrN2O2S.ClH/c13-11-3-5-12(6-4-11)18(16,17)15-9-10-2-1-7-14-8-10;/h1-8,15H,9H2;1H. The second-order valence-electron chi connectivity index (χ2n) is 3.64. The average Bonchev–Trinajstić information content (AvgIpc) is 2.38. The molecule has 1 N–H and O–H groups in total. The van der Waals surface area contributed by atoms with Gasteiger partial charge in [-0.25, -0.2) is 13.1 Å². The van der Waals surface area contributed by atoms with Gasteiger partial charge in [0.15, 0.2) is 0 Å². The van der Waals surface area contributed by atoms with E-state index in [1.165, 1.54) is 0 Å². The van der Waals surface area contributed by atoms with Gasteiger partial charge in [-0.1, -0.05) is 22.0 Å². The summed E-state index contributed by atoms with van der Waals surface area (Å²) in [6.07, 6.45) is 3.27. The highest BCUT2D eigenvalue weighted by atomic mass is 79.9. The van der Waals surface area contributed by atoms with Crippen molar-refractivity contribution in [1.29, 1.82) is 0 Å². The summed E-state index contributed by atoms with van der Waals surface area (Å²) in [5.74, 6) is 0.